The summed E-state index contributed by atoms with van der Waals surface area (Å²) >= 11 is 0. The minimum Gasteiger partial charge on any atom is -0.354 e. The van der Waals surface area contributed by atoms with Crippen molar-refractivity contribution >= 4 is 11.7 Å². The molecule has 1 amide bonds. The summed E-state index contributed by atoms with van der Waals surface area (Å²) in [6.07, 6.45) is 4.40. The monoisotopic (exact) mass is 380 g/mol. The normalized spacial score (nSPS) is 24.7. The third-order valence-corrected chi connectivity index (χ3v) is 6.15. The van der Waals surface area contributed by atoms with Gasteiger partial charge in [-0.25, -0.2) is 9.97 Å². The number of pyridine rings is 1. The minimum absolute atomic E-state index is 0.123. The van der Waals surface area contributed by atoms with E-state index in [0.29, 0.717) is 5.92 Å². The van der Waals surface area contributed by atoms with E-state index in [2.05, 4.69) is 27.4 Å². The van der Waals surface area contributed by atoms with Gasteiger partial charge in [0.1, 0.15) is 11.5 Å². The van der Waals surface area contributed by atoms with E-state index in [9.17, 15) is 4.79 Å². The minimum atomic E-state index is 0.123. The molecule has 3 fully saturated rings. The Hall–Kier alpha value is -2.41. The van der Waals surface area contributed by atoms with Crippen molar-refractivity contribution in [2.45, 2.75) is 44.6 Å². The molecule has 1 saturated carbocycles. The van der Waals surface area contributed by atoms with Gasteiger partial charge in [-0.05, 0) is 51.3 Å². The molecule has 2 atom stereocenters. The van der Waals surface area contributed by atoms with Crippen molar-refractivity contribution in [3.05, 3.63) is 29.6 Å². The molecule has 7 nitrogen and oxygen atoms in total. The second kappa shape index (κ2) is 7.20. The Bertz CT molecular complexity index is 868. The van der Waals surface area contributed by atoms with E-state index in [1.165, 1.54) is 18.5 Å². The van der Waals surface area contributed by atoms with Crippen LogP contribution in [0.5, 0.6) is 0 Å². The summed E-state index contributed by atoms with van der Waals surface area (Å²) in [6.45, 7) is 5.57. The van der Waals surface area contributed by atoms with Gasteiger partial charge in [-0.1, -0.05) is 6.07 Å². The van der Waals surface area contributed by atoms with Crippen LogP contribution in [0.15, 0.2) is 18.2 Å². The van der Waals surface area contributed by atoms with Gasteiger partial charge in [-0.3, -0.25) is 4.79 Å². The lowest BCUT2D eigenvalue weighted by Crippen LogP contribution is -2.41. The van der Waals surface area contributed by atoms with Crippen molar-refractivity contribution in [3.63, 3.8) is 0 Å². The summed E-state index contributed by atoms with van der Waals surface area (Å²) in [4.78, 5) is 27.7. The molecule has 148 valence electrons. The lowest BCUT2D eigenvalue weighted by atomic mass is 10.1. The van der Waals surface area contributed by atoms with Gasteiger partial charge in [0, 0.05) is 37.3 Å². The van der Waals surface area contributed by atoms with E-state index in [4.69, 9.17) is 9.97 Å². The Morgan fingerprint density at radius 3 is 2.89 bits per heavy atom. The van der Waals surface area contributed by atoms with Crippen LogP contribution in [0.3, 0.4) is 0 Å². The van der Waals surface area contributed by atoms with Crippen molar-refractivity contribution in [2.24, 2.45) is 5.92 Å². The fourth-order valence-corrected chi connectivity index (χ4v) is 4.36. The number of aromatic amines is 1. The lowest BCUT2D eigenvalue weighted by Gasteiger charge is -2.19. The summed E-state index contributed by atoms with van der Waals surface area (Å²) in [7, 11) is 0. The van der Waals surface area contributed by atoms with Crippen LogP contribution in [0, 0.1) is 12.8 Å². The molecular formula is C21H28N6O. The summed E-state index contributed by atoms with van der Waals surface area (Å²) < 4.78 is 0. The van der Waals surface area contributed by atoms with Gasteiger partial charge in [0.15, 0.2) is 5.82 Å². The number of rotatable bonds is 5. The second-order valence-electron chi connectivity index (χ2n) is 8.38. The van der Waals surface area contributed by atoms with E-state index in [1.54, 1.807) is 0 Å². The number of nitrogens with zero attached hydrogens (tertiary/aromatic N) is 3. The highest BCUT2D eigenvalue weighted by atomic mass is 16.2. The smallest absolute Gasteiger partial charge is 0.224 e. The Kier molecular flexibility index (Phi) is 4.55. The number of aromatic nitrogens is 3. The average Bonchev–Trinajstić information content (AvgIpc) is 3.12. The Labute approximate surface area is 165 Å². The van der Waals surface area contributed by atoms with Crippen LogP contribution in [-0.4, -0.2) is 53.1 Å². The Balaban J connectivity index is 1.26. The first-order valence-electron chi connectivity index (χ1n) is 10.5. The number of carbonyl (C=O) groups is 1. The maximum absolute atomic E-state index is 12.4. The number of imidazole rings is 1. The van der Waals surface area contributed by atoms with Crippen LogP contribution in [0.1, 0.15) is 43.0 Å². The van der Waals surface area contributed by atoms with Gasteiger partial charge in [0.25, 0.3) is 0 Å². The molecule has 28 heavy (non-hydrogen) atoms. The van der Waals surface area contributed by atoms with Gasteiger partial charge < -0.3 is 20.5 Å². The number of carbonyl (C=O) groups excluding carboxylic acids is 1. The van der Waals surface area contributed by atoms with Crippen LogP contribution >= 0.6 is 0 Å². The highest BCUT2D eigenvalue weighted by Gasteiger charge is 2.30. The molecule has 1 unspecified atom stereocenters. The third kappa shape index (κ3) is 3.51. The molecule has 7 heteroatoms. The molecule has 3 aliphatic rings. The van der Waals surface area contributed by atoms with Crippen molar-refractivity contribution < 1.29 is 4.79 Å². The van der Waals surface area contributed by atoms with Gasteiger partial charge in [0.05, 0.1) is 11.6 Å². The Morgan fingerprint density at radius 1 is 1.21 bits per heavy atom. The van der Waals surface area contributed by atoms with Crippen LogP contribution < -0.4 is 15.5 Å². The van der Waals surface area contributed by atoms with E-state index in [1.807, 2.05) is 18.2 Å². The largest absolute Gasteiger partial charge is 0.354 e. The van der Waals surface area contributed by atoms with E-state index in [-0.39, 0.29) is 17.9 Å². The number of anilines is 1. The molecule has 2 aromatic heterocycles. The lowest BCUT2D eigenvalue weighted by molar-refractivity contribution is -0.125. The molecule has 5 rings (SSSR count). The highest BCUT2D eigenvalue weighted by molar-refractivity contribution is 5.79. The molecule has 0 bridgehead atoms. The van der Waals surface area contributed by atoms with E-state index >= 15 is 0 Å². The molecule has 0 radical (unpaired) electrons. The molecular weight excluding hydrogens is 352 g/mol. The summed E-state index contributed by atoms with van der Waals surface area (Å²) in [5.41, 5.74) is 3.25. The van der Waals surface area contributed by atoms with Gasteiger partial charge >= 0.3 is 0 Å². The second-order valence-corrected chi connectivity index (χ2v) is 8.38. The van der Waals surface area contributed by atoms with Crippen LogP contribution in [-0.2, 0) is 4.79 Å². The molecule has 1 aliphatic carbocycles. The zero-order valence-corrected chi connectivity index (χ0v) is 16.4. The van der Waals surface area contributed by atoms with Crippen LogP contribution in [0.2, 0.25) is 0 Å². The highest BCUT2D eigenvalue weighted by Crippen LogP contribution is 2.41. The van der Waals surface area contributed by atoms with Crippen LogP contribution in [0.4, 0.5) is 5.82 Å². The number of hydrogen-bond acceptors (Lipinski definition) is 5. The SMILES string of the molecule is Cc1[nH]c(-c2cccc(N3CC[C@@H](NC(=O)C4CCNC4)C3)n2)nc1C1CC1. The average molecular weight is 380 g/mol. The number of aryl methyl sites for hydroxylation is 1. The third-order valence-electron chi connectivity index (χ3n) is 6.15. The summed E-state index contributed by atoms with van der Waals surface area (Å²) in [5, 5.41) is 6.49. The van der Waals surface area contributed by atoms with Gasteiger partial charge in [0.2, 0.25) is 5.91 Å². The Morgan fingerprint density at radius 2 is 2.11 bits per heavy atom. The maximum Gasteiger partial charge on any atom is 0.224 e. The van der Waals surface area contributed by atoms with Crippen molar-refractivity contribution in [1.82, 2.24) is 25.6 Å². The molecule has 0 spiro atoms. The number of nitrogens with one attached hydrogen (secondary N) is 3. The van der Waals surface area contributed by atoms with E-state index in [0.717, 1.165) is 62.1 Å². The fourth-order valence-electron chi connectivity index (χ4n) is 4.36. The predicted octanol–water partition coefficient (Wildman–Crippen LogP) is 1.96. The molecule has 2 saturated heterocycles. The van der Waals surface area contributed by atoms with Gasteiger partial charge in [-0.15, -0.1) is 0 Å². The zero-order valence-electron chi connectivity index (χ0n) is 16.4. The fraction of sp³-hybridized carbons (Fsp3) is 0.571. The zero-order chi connectivity index (χ0) is 19.1. The molecule has 2 aromatic rings. The van der Waals surface area contributed by atoms with Crippen LogP contribution in [0.25, 0.3) is 11.5 Å². The molecule has 3 N–H and O–H groups in total. The topological polar surface area (TPSA) is 85.9 Å². The molecule has 0 aromatic carbocycles. The number of amides is 1. The maximum atomic E-state index is 12.4. The number of hydrogen-bond donors (Lipinski definition) is 3. The standard InChI is InChI=1S/C21H28N6O/c1-13-19(14-5-6-14)26-20(23-13)17-3-2-4-18(25-17)27-10-8-16(12-27)24-21(28)15-7-9-22-11-15/h2-4,14-16,22H,5-12H2,1H3,(H,23,26)(H,24,28)/t15?,16-/m1/s1. The number of H-pyrrole nitrogens is 1. The summed E-state index contributed by atoms with van der Waals surface area (Å²) in [5.74, 6) is 2.76. The van der Waals surface area contributed by atoms with Crippen molar-refractivity contribution in [3.8, 4) is 11.5 Å². The predicted molar refractivity (Wildman–Crippen MR) is 108 cm³/mol. The quantitative estimate of drug-likeness (QED) is 0.738. The van der Waals surface area contributed by atoms with Gasteiger partial charge in [-0.2, -0.15) is 0 Å². The van der Waals surface area contributed by atoms with Crippen molar-refractivity contribution in [2.75, 3.05) is 31.1 Å². The van der Waals surface area contributed by atoms with Crippen molar-refractivity contribution in [1.29, 1.82) is 0 Å². The first-order valence-corrected chi connectivity index (χ1v) is 10.5. The van der Waals surface area contributed by atoms with E-state index < -0.39 is 0 Å². The summed E-state index contributed by atoms with van der Waals surface area (Å²) in [6, 6.07) is 6.31. The molecule has 2 aliphatic heterocycles. The first-order chi connectivity index (χ1) is 13.7. The first kappa shape index (κ1) is 17.7. The molecule has 4 heterocycles.